The molecule has 1 amide bonds. The average molecular weight is 318 g/mol. The number of thiazole rings is 1. The summed E-state index contributed by atoms with van der Waals surface area (Å²) in [5.74, 6) is 0.635. The van der Waals surface area contributed by atoms with E-state index in [0.717, 1.165) is 20.1 Å². The van der Waals surface area contributed by atoms with Gasteiger partial charge in [-0.05, 0) is 6.26 Å². The maximum Gasteiger partial charge on any atom is 0.223 e. The molecular weight excluding hydrogens is 308 g/mol. The van der Waals surface area contributed by atoms with Gasteiger partial charge in [0, 0.05) is 18.1 Å². The van der Waals surface area contributed by atoms with Crippen LogP contribution in [0.15, 0.2) is 14.1 Å². The molecule has 9 heteroatoms. The second kappa shape index (κ2) is 6.50. The van der Waals surface area contributed by atoms with Crippen LogP contribution in [0.3, 0.4) is 0 Å². The van der Waals surface area contributed by atoms with Crippen LogP contribution in [-0.4, -0.2) is 27.3 Å². The molecule has 18 heavy (non-hydrogen) atoms. The van der Waals surface area contributed by atoms with Gasteiger partial charge >= 0.3 is 0 Å². The molecular formula is C9H10N4OS4. The molecule has 0 fully saturated rings. The zero-order valence-corrected chi connectivity index (χ0v) is 12.9. The van der Waals surface area contributed by atoms with Crippen molar-refractivity contribution in [1.82, 2.24) is 15.2 Å². The van der Waals surface area contributed by atoms with Crippen molar-refractivity contribution in [3.63, 3.8) is 0 Å². The first-order valence-electron chi connectivity index (χ1n) is 4.89. The van der Waals surface area contributed by atoms with Gasteiger partial charge in [0.25, 0.3) is 0 Å². The Morgan fingerprint density at radius 1 is 1.44 bits per heavy atom. The van der Waals surface area contributed by atoms with Crippen LogP contribution >= 0.6 is 46.2 Å². The summed E-state index contributed by atoms with van der Waals surface area (Å²) in [6.07, 6.45) is 1.98. The van der Waals surface area contributed by atoms with Gasteiger partial charge in [-0.25, -0.2) is 4.98 Å². The molecule has 96 valence electrons. The first-order valence-corrected chi connectivity index (χ1v) is 8.80. The summed E-state index contributed by atoms with van der Waals surface area (Å²) < 4.78 is 1.91. The average Bonchev–Trinajstić information content (AvgIpc) is 2.94. The topological polar surface area (TPSA) is 67.8 Å². The lowest BCUT2D eigenvalue weighted by Gasteiger charge is -1.94. The molecule has 0 atom stereocenters. The summed E-state index contributed by atoms with van der Waals surface area (Å²) in [7, 11) is 0. The van der Waals surface area contributed by atoms with Crippen molar-refractivity contribution < 1.29 is 4.79 Å². The Morgan fingerprint density at radius 2 is 2.22 bits per heavy atom. The van der Waals surface area contributed by atoms with Gasteiger partial charge < -0.3 is 5.32 Å². The van der Waals surface area contributed by atoms with Crippen molar-refractivity contribution in [2.45, 2.75) is 21.4 Å². The number of hydrogen-bond acceptors (Lipinski definition) is 8. The Hall–Kier alpha value is -0.640. The number of nitrogens with zero attached hydrogens (tertiary/aromatic N) is 3. The van der Waals surface area contributed by atoms with Crippen LogP contribution in [0, 0.1) is 0 Å². The van der Waals surface area contributed by atoms with Crippen molar-refractivity contribution >= 4 is 57.2 Å². The number of thioether (sulfide) groups is 2. The van der Waals surface area contributed by atoms with Crippen molar-refractivity contribution in [3.8, 4) is 0 Å². The molecule has 0 aromatic carbocycles. The number of anilines is 1. The van der Waals surface area contributed by atoms with E-state index in [2.05, 4.69) is 20.5 Å². The minimum Gasteiger partial charge on any atom is -0.302 e. The number of hydrogen-bond donors (Lipinski definition) is 1. The van der Waals surface area contributed by atoms with Crippen LogP contribution in [-0.2, 0) is 10.5 Å². The number of amides is 1. The Balaban J connectivity index is 1.89. The zero-order chi connectivity index (χ0) is 13.0. The van der Waals surface area contributed by atoms with Crippen LogP contribution in [0.4, 0.5) is 5.13 Å². The van der Waals surface area contributed by atoms with E-state index in [1.54, 1.807) is 34.9 Å². The van der Waals surface area contributed by atoms with Crippen molar-refractivity contribution in [1.29, 1.82) is 0 Å². The lowest BCUT2D eigenvalue weighted by molar-refractivity contribution is -0.114. The molecule has 2 rings (SSSR count). The summed E-state index contributed by atoms with van der Waals surface area (Å²) in [4.78, 5) is 15.2. The monoisotopic (exact) mass is 318 g/mol. The lowest BCUT2D eigenvalue weighted by Crippen LogP contribution is -2.05. The van der Waals surface area contributed by atoms with Gasteiger partial charge in [-0.15, -0.1) is 21.5 Å². The Kier molecular flexibility index (Phi) is 4.98. The first-order chi connectivity index (χ1) is 8.67. The molecule has 0 spiro atoms. The largest absolute Gasteiger partial charge is 0.302 e. The van der Waals surface area contributed by atoms with Crippen LogP contribution in [0.2, 0.25) is 0 Å². The van der Waals surface area contributed by atoms with Crippen LogP contribution in [0.1, 0.15) is 12.6 Å². The fraction of sp³-hybridized carbons (Fsp3) is 0.333. The van der Waals surface area contributed by atoms with E-state index in [1.807, 2.05) is 11.6 Å². The molecule has 2 aromatic heterocycles. The van der Waals surface area contributed by atoms with Gasteiger partial charge in [-0.2, -0.15) is 0 Å². The minimum atomic E-state index is -0.0997. The predicted octanol–water partition coefficient (Wildman–Crippen LogP) is 2.97. The summed E-state index contributed by atoms with van der Waals surface area (Å²) in [6, 6.07) is 0. The van der Waals surface area contributed by atoms with Gasteiger partial charge in [-0.3, -0.25) is 4.79 Å². The highest BCUT2D eigenvalue weighted by Gasteiger charge is 2.07. The third-order valence-electron chi connectivity index (χ3n) is 1.74. The highest BCUT2D eigenvalue weighted by Crippen LogP contribution is 2.30. The third kappa shape index (κ3) is 3.94. The van der Waals surface area contributed by atoms with Gasteiger partial charge in [0.2, 0.25) is 5.91 Å². The fourth-order valence-electron chi connectivity index (χ4n) is 1.05. The molecule has 0 aliphatic carbocycles. The standard InChI is InChI=1S/C9H10N4OS4/c1-5(14)10-7-11-6(3-16-7)4-17-9-13-12-8(15-2)18-9/h3H,4H2,1-2H3,(H,10,11,14). The molecule has 0 saturated carbocycles. The summed E-state index contributed by atoms with van der Waals surface area (Å²) >= 11 is 6.21. The Labute approximate surface area is 121 Å². The number of rotatable bonds is 5. The quantitative estimate of drug-likeness (QED) is 0.855. The van der Waals surface area contributed by atoms with Gasteiger partial charge in [0.1, 0.15) is 0 Å². The molecule has 2 aromatic rings. The van der Waals surface area contributed by atoms with Gasteiger partial charge in [0.05, 0.1) is 5.69 Å². The number of aromatic nitrogens is 3. The van der Waals surface area contributed by atoms with Crippen molar-refractivity contribution in [3.05, 3.63) is 11.1 Å². The molecule has 5 nitrogen and oxygen atoms in total. The predicted molar refractivity (Wildman–Crippen MR) is 77.7 cm³/mol. The van der Waals surface area contributed by atoms with Crippen LogP contribution in [0.25, 0.3) is 0 Å². The molecule has 0 saturated heterocycles. The van der Waals surface area contributed by atoms with E-state index < -0.39 is 0 Å². The van der Waals surface area contributed by atoms with Crippen LogP contribution in [0.5, 0.6) is 0 Å². The normalized spacial score (nSPS) is 10.6. The third-order valence-corrected chi connectivity index (χ3v) is 5.61. The highest BCUT2D eigenvalue weighted by atomic mass is 32.2. The fourth-order valence-corrected chi connectivity index (χ4v) is 4.25. The van der Waals surface area contributed by atoms with Crippen molar-refractivity contribution in [2.24, 2.45) is 0 Å². The molecule has 0 unspecified atom stereocenters. The number of carbonyl (C=O) groups is 1. The van der Waals surface area contributed by atoms with Crippen LogP contribution < -0.4 is 5.32 Å². The Morgan fingerprint density at radius 3 is 2.89 bits per heavy atom. The summed E-state index contributed by atoms with van der Waals surface area (Å²) in [5.41, 5.74) is 0.939. The van der Waals surface area contributed by atoms with E-state index >= 15 is 0 Å². The van der Waals surface area contributed by atoms with Gasteiger partial charge in [-0.1, -0.05) is 34.9 Å². The smallest absolute Gasteiger partial charge is 0.223 e. The van der Waals surface area contributed by atoms with Crippen molar-refractivity contribution in [2.75, 3.05) is 11.6 Å². The molecule has 0 radical (unpaired) electrons. The number of carbonyl (C=O) groups excluding carboxylic acids is 1. The van der Waals surface area contributed by atoms with Gasteiger partial charge in [0.15, 0.2) is 13.8 Å². The molecule has 1 N–H and O–H groups in total. The highest BCUT2D eigenvalue weighted by molar-refractivity contribution is 8.02. The van der Waals surface area contributed by atoms with E-state index in [-0.39, 0.29) is 5.91 Å². The second-order valence-corrected chi connectivity index (χ2v) is 7.26. The van der Waals surface area contributed by atoms with E-state index in [9.17, 15) is 4.79 Å². The molecule has 0 aliphatic rings. The zero-order valence-electron chi connectivity index (χ0n) is 9.67. The lowest BCUT2D eigenvalue weighted by atomic mass is 10.6. The van der Waals surface area contributed by atoms with E-state index in [4.69, 9.17) is 0 Å². The maximum atomic E-state index is 10.9. The molecule has 0 bridgehead atoms. The first kappa shape index (κ1) is 13.8. The second-order valence-electron chi connectivity index (χ2n) is 3.15. The molecule has 2 heterocycles. The Bertz CT molecular complexity index is 538. The summed E-state index contributed by atoms with van der Waals surface area (Å²) in [6.45, 7) is 1.47. The molecule has 0 aliphatic heterocycles. The van der Waals surface area contributed by atoms with E-state index in [0.29, 0.717) is 5.13 Å². The minimum absolute atomic E-state index is 0.0997. The maximum absolute atomic E-state index is 10.9. The SMILES string of the molecule is CSc1nnc(SCc2csc(NC(C)=O)n2)s1. The van der Waals surface area contributed by atoms with E-state index in [1.165, 1.54) is 18.3 Å². The number of nitrogens with one attached hydrogen (secondary N) is 1. The summed E-state index contributed by atoms with van der Waals surface area (Å²) in [5, 5.41) is 13.3.